The predicted octanol–water partition coefficient (Wildman–Crippen LogP) is 1.57. The summed E-state index contributed by atoms with van der Waals surface area (Å²) in [6, 6.07) is 0. The van der Waals surface area contributed by atoms with Gasteiger partial charge in [0.15, 0.2) is 0 Å². The standard InChI is InChI=1S/C9H18O2/c1-3-9(10,7-11-2)8-5-4-6-8/h8,10H,3-7H2,1-2H3. The Morgan fingerprint density at radius 1 is 1.55 bits per heavy atom. The molecule has 0 bridgehead atoms. The molecule has 0 aromatic rings. The van der Waals surface area contributed by atoms with E-state index in [1.165, 1.54) is 19.3 Å². The van der Waals surface area contributed by atoms with Crippen molar-refractivity contribution in [2.45, 2.75) is 38.2 Å². The van der Waals surface area contributed by atoms with Crippen molar-refractivity contribution in [1.82, 2.24) is 0 Å². The van der Waals surface area contributed by atoms with Crippen molar-refractivity contribution in [2.75, 3.05) is 13.7 Å². The molecule has 1 aliphatic carbocycles. The molecule has 66 valence electrons. The summed E-state index contributed by atoms with van der Waals surface area (Å²) in [6.45, 7) is 2.52. The van der Waals surface area contributed by atoms with Gasteiger partial charge in [-0.2, -0.15) is 0 Å². The van der Waals surface area contributed by atoms with E-state index in [9.17, 15) is 5.11 Å². The molecule has 2 nitrogen and oxygen atoms in total. The van der Waals surface area contributed by atoms with E-state index in [0.29, 0.717) is 12.5 Å². The highest BCUT2D eigenvalue weighted by Crippen LogP contribution is 2.38. The van der Waals surface area contributed by atoms with Gasteiger partial charge in [-0.3, -0.25) is 0 Å². The Balaban J connectivity index is 2.43. The molecule has 0 aliphatic heterocycles. The Labute approximate surface area is 68.6 Å². The lowest BCUT2D eigenvalue weighted by atomic mass is 9.72. The summed E-state index contributed by atoms with van der Waals surface area (Å²) in [7, 11) is 1.65. The highest BCUT2D eigenvalue weighted by atomic mass is 16.5. The molecule has 2 heteroatoms. The van der Waals surface area contributed by atoms with Crippen LogP contribution in [0.15, 0.2) is 0 Å². The minimum Gasteiger partial charge on any atom is -0.387 e. The maximum atomic E-state index is 10.0. The third kappa shape index (κ3) is 1.74. The average Bonchev–Trinajstić information content (AvgIpc) is 1.84. The number of hydrogen-bond donors (Lipinski definition) is 1. The van der Waals surface area contributed by atoms with E-state index in [1.54, 1.807) is 7.11 Å². The van der Waals surface area contributed by atoms with Gasteiger partial charge < -0.3 is 9.84 Å². The zero-order valence-electron chi connectivity index (χ0n) is 7.47. The molecule has 0 spiro atoms. The van der Waals surface area contributed by atoms with Gasteiger partial charge in [0, 0.05) is 7.11 Å². The van der Waals surface area contributed by atoms with E-state index < -0.39 is 5.60 Å². The van der Waals surface area contributed by atoms with E-state index in [4.69, 9.17) is 4.74 Å². The number of aliphatic hydroxyl groups is 1. The van der Waals surface area contributed by atoms with E-state index in [2.05, 4.69) is 0 Å². The van der Waals surface area contributed by atoms with Gasteiger partial charge in [0.1, 0.15) is 0 Å². The molecule has 0 heterocycles. The fraction of sp³-hybridized carbons (Fsp3) is 1.00. The van der Waals surface area contributed by atoms with Gasteiger partial charge in [0.05, 0.1) is 12.2 Å². The van der Waals surface area contributed by atoms with Crippen molar-refractivity contribution < 1.29 is 9.84 Å². The number of ether oxygens (including phenoxy) is 1. The van der Waals surface area contributed by atoms with Crippen LogP contribution in [0.2, 0.25) is 0 Å². The predicted molar refractivity (Wildman–Crippen MR) is 44.5 cm³/mol. The second-order valence-corrected chi connectivity index (χ2v) is 3.52. The largest absolute Gasteiger partial charge is 0.387 e. The molecule has 0 radical (unpaired) electrons. The third-order valence-corrected chi connectivity index (χ3v) is 2.87. The van der Waals surface area contributed by atoms with Gasteiger partial charge in [0.2, 0.25) is 0 Å². The molecule has 1 aliphatic rings. The molecule has 0 aromatic heterocycles. The van der Waals surface area contributed by atoms with Gasteiger partial charge in [0.25, 0.3) is 0 Å². The second kappa shape index (κ2) is 3.55. The Hall–Kier alpha value is -0.0800. The monoisotopic (exact) mass is 158 g/mol. The fourth-order valence-electron chi connectivity index (χ4n) is 1.70. The first kappa shape index (κ1) is 9.01. The highest BCUT2D eigenvalue weighted by Gasteiger charge is 2.38. The van der Waals surface area contributed by atoms with Crippen LogP contribution in [0.1, 0.15) is 32.6 Å². The fourth-order valence-corrected chi connectivity index (χ4v) is 1.70. The number of hydrogen-bond acceptors (Lipinski definition) is 2. The molecule has 1 atom stereocenters. The highest BCUT2D eigenvalue weighted by molar-refractivity contribution is 4.89. The second-order valence-electron chi connectivity index (χ2n) is 3.52. The summed E-state index contributed by atoms with van der Waals surface area (Å²) >= 11 is 0. The molecule has 1 saturated carbocycles. The lowest BCUT2D eigenvalue weighted by Gasteiger charge is -2.40. The Morgan fingerprint density at radius 3 is 2.45 bits per heavy atom. The summed E-state index contributed by atoms with van der Waals surface area (Å²) < 4.78 is 5.00. The molecule has 1 rings (SSSR count). The first-order valence-corrected chi connectivity index (χ1v) is 4.44. The summed E-state index contributed by atoms with van der Waals surface area (Å²) in [4.78, 5) is 0. The average molecular weight is 158 g/mol. The molecular formula is C9H18O2. The zero-order chi connectivity index (χ0) is 8.32. The quantitative estimate of drug-likeness (QED) is 0.673. The smallest absolute Gasteiger partial charge is 0.0905 e. The van der Waals surface area contributed by atoms with Crippen molar-refractivity contribution in [2.24, 2.45) is 5.92 Å². The summed E-state index contributed by atoms with van der Waals surface area (Å²) in [5.74, 6) is 0.493. The van der Waals surface area contributed by atoms with Gasteiger partial charge in [-0.1, -0.05) is 13.3 Å². The van der Waals surface area contributed by atoms with E-state index in [0.717, 1.165) is 6.42 Å². The third-order valence-electron chi connectivity index (χ3n) is 2.87. The van der Waals surface area contributed by atoms with Gasteiger partial charge >= 0.3 is 0 Å². The van der Waals surface area contributed by atoms with Gasteiger partial charge in [-0.15, -0.1) is 0 Å². The first-order chi connectivity index (χ1) is 5.23. The van der Waals surface area contributed by atoms with Crippen LogP contribution in [0.5, 0.6) is 0 Å². The van der Waals surface area contributed by atoms with Crippen molar-refractivity contribution in [3.8, 4) is 0 Å². The molecule has 0 saturated heterocycles. The molecular weight excluding hydrogens is 140 g/mol. The van der Waals surface area contributed by atoms with Gasteiger partial charge in [-0.05, 0) is 25.2 Å². The normalized spacial score (nSPS) is 24.3. The van der Waals surface area contributed by atoms with Crippen LogP contribution in [0, 0.1) is 5.92 Å². The molecule has 1 fully saturated rings. The zero-order valence-corrected chi connectivity index (χ0v) is 7.47. The molecule has 11 heavy (non-hydrogen) atoms. The van der Waals surface area contributed by atoms with Gasteiger partial charge in [-0.25, -0.2) is 0 Å². The summed E-state index contributed by atoms with van der Waals surface area (Å²) in [5.41, 5.74) is -0.535. The van der Waals surface area contributed by atoms with E-state index in [-0.39, 0.29) is 0 Å². The van der Waals surface area contributed by atoms with E-state index >= 15 is 0 Å². The van der Waals surface area contributed by atoms with Crippen LogP contribution in [0.3, 0.4) is 0 Å². The molecule has 0 amide bonds. The van der Waals surface area contributed by atoms with Crippen LogP contribution in [0.4, 0.5) is 0 Å². The maximum absolute atomic E-state index is 10.0. The lowest BCUT2D eigenvalue weighted by Crippen LogP contribution is -2.44. The SMILES string of the molecule is CCC(O)(COC)C1CCC1. The van der Waals surface area contributed by atoms with Crippen molar-refractivity contribution in [3.05, 3.63) is 0 Å². The van der Waals surface area contributed by atoms with Crippen molar-refractivity contribution in [1.29, 1.82) is 0 Å². The minimum atomic E-state index is -0.535. The number of methoxy groups -OCH3 is 1. The molecule has 1 N–H and O–H groups in total. The minimum absolute atomic E-state index is 0.493. The maximum Gasteiger partial charge on any atom is 0.0905 e. The Bertz CT molecular complexity index is 121. The lowest BCUT2D eigenvalue weighted by molar-refractivity contribution is -0.0987. The topological polar surface area (TPSA) is 29.5 Å². The van der Waals surface area contributed by atoms with Crippen LogP contribution in [-0.4, -0.2) is 24.4 Å². The van der Waals surface area contributed by atoms with Crippen LogP contribution in [0.25, 0.3) is 0 Å². The summed E-state index contributed by atoms with van der Waals surface area (Å²) in [6.07, 6.45) is 4.43. The van der Waals surface area contributed by atoms with E-state index in [1.807, 2.05) is 6.92 Å². The van der Waals surface area contributed by atoms with Crippen LogP contribution < -0.4 is 0 Å². The van der Waals surface area contributed by atoms with Crippen molar-refractivity contribution in [3.63, 3.8) is 0 Å². The summed E-state index contributed by atoms with van der Waals surface area (Å²) in [5, 5.41) is 10.0. The van der Waals surface area contributed by atoms with Crippen molar-refractivity contribution >= 4 is 0 Å². The van der Waals surface area contributed by atoms with Crippen LogP contribution in [-0.2, 0) is 4.74 Å². The Morgan fingerprint density at radius 2 is 2.18 bits per heavy atom. The molecule has 0 aromatic carbocycles. The van der Waals surface area contributed by atoms with Crippen LogP contribution >= 0.6 is 0 Å². The number of rotatable bonds is 4. The first-order valence-electron chi connectivity index (χ1n) is 4.44. The molecule has 1 unspecified atom stereocenters. The Kier molecular flexibility index (Phi) is 2.90.